The van der Waals surface area contributed by atoms with E-state index >= 15 is 0 Å². The summed E-state index contributed by atoms with van der Waals surface area (Å²) in [5.41, 5.74) is 0. The van der Waals surface area contributed by atoms with Gasteiger partial charge < -0.3 is 36.1 Å². The van der Waals surface area contributed by atoms with Crippen LogP contribution in [0.15, 0.2) is 73.8 Å². The minimum atomic E-state index is -1.75. The van der Waals surface area contributed by atoms with Gasteiger partial charge in [-0.1, -0.05) is 0 Å². The van der Waals surface area contributed by atoms with Gasteiger partial charge in [-0.25, -0.2) is 29.3 Å². The van der Waals surface area contributed by atoms with Gasteiger partial charge in [0, 0.05) is 49.6 Å². The van der Waals surface area contributed by atoms with E-state index in [2.05, 4.69) is 30.1 Å². The second kappa shape index (κ2) is 17.3. The molecule has 0 bridgehead atoms. The molecule has 0 fully saturated rings. The van der Waals surface area contributed by atoms with Gasteiger partial charge in [0.2, 0.25) is 11.9 Å². The summed E-state index contributed by atoms with van der Waals surface area (Å²) in [5, 5.41) is 37.5. The molecule has 17 nitrogen and oxygen atoms in total. The molecule has 4 aromatic rings. The number of nitrogens with zero attached hydrogens (tertiary/aromatic N) is 10. The Hall–Kier alpha value is -4.54. The zero-order chi connectivity index (χ0) is 22.2. The van der Waals surface area contributed by atoms with Crippen LogP contribution in [0.5, 0.6) is 0 Å². The van der Waals surface area contributed by atoms with E-state index in [0.29, 0.717) is 11.9 Å². The average Bonchev–Trinajstić information content (AvgIpc) is 3.43. The van der Waals surface area contributed by atoms with Crippen molar-refractivity contribution < 1.29 is 32.7 Å². The Kier molecular flexibility index (Phi) is 16.1. The van der Waals surface area contributed by atoms with Gasteiger partial charge in [-0.3, -0.25) is 0 Å². The SMILES string of the molecule is O=[N+]([O-])[O-].O=[N+]([O-])[O-].[Cu+2].[OH3+].c1cnc(-n2cccn2)nc1.c1cnc(-n2cccn2)nc1. The van der Waals surface area contributed by atoms with Crippen LogP contribution in [0.2, 0.25) is 0 Å². The molecule has 0 saturated carbocycles. The largest absolute Gasteiger partial charge is 2.00 e. The molecule has 18 heteroatoms. The molecule has 0 atom stereocenters. The fourth-order valence-corrected chi connectivity index (χ4v) is 1.59. The third-order valence-corrected chi connectivity index (χ3v) is 2.52. The molecule has 0 aliphatic heterocycles. The summed E-state index contributed by atoms with van der Waals surface area (Å²) in [6, 6.07) is 7.20. The van der Waals surface area contributed by atoms with Crippen molar-refractivity contribution in [1.82, 2.24) is 39.5 Å². The van der Waals surface area contributed by atoms with Crippen LogP contribution < -0.4 is 0 Å². The Labute approximate surface area is 189 Å². The predicted octanol–water partition coefficient (Wildman–Crippen LogP) is -0.0780. The monoisotopic (exact) mass is 498 g/mol. The summed E-state index contributed by atoms with van der Waals surface area (Å²) in [5.74, 6) is 1.19. The molecule has 0 aromatic carbocycles. The third kappa shape index (κ3) is 13.6. The fourth-order valence-electron chi connectivity index (χ4n) is 1.59. The smallest absolute Gasteiger partial charge is 0.457 e. The molecule has 0 aliphatic rings. The van der Waals surface area contributed by atoms with E-state index in [1.165, 1.54) is 0 Å². The molecule has 0 spiro atoms. The van der Waals surface area contributed by atoms with E-state index in [-0.39, 0.29) is 22.5 Å². The van der Waals surface area contributed by atoms with Gasteiger partial charge in [0.1, 0.15) is 0 Å². The van der Waals surface area contributed by atoms with Crippen LogP contribution in [-0.2, 0) is 22.5 Å². The first-order chi connectivity index (χ1) is 14.4. The molecule has 4 aromatic heterocycles. The normalized spacial score (nSPS) is 8.25. The average molecular weight is 499 g/mol. The number of hydrogen-bond donors (Lipinski definition) is 0. The molecule has 0 aliphatic carbocycles. The molecule has 173 valence electrons. The standard InChI is InChI=1S/2C7H6N4.Cu.2NO3.H2O/c2*1-3-8-7(9-4-1)11-6-2-5-10-11;;2*2-1(3)4;/h2*1-6H;;;;1H2/q;;+2;2*-1;/p+1. The second-order valence-corrected chi connectivity index (χ2v) is 4.45. The second-order valence-electron chi connectivity index (χ2n) is 4.45. The summed E-state index contributed by atoms with van der Waals surface area (Å²) in [6.45, 7) is 0. The first-order valence-corrected chi connectivity index (χ1v) is 7.57. The summed E-state index contributed by atoms with van der Waals surface area (Å²) in [6.07, 6.45) is 13.7. The molecule has 0 amide bonds. The summed E-state index contributed by atoms with van der Waals surface area (Å²) < 4.78 is 3.22. The summed E-state index contributed by atoms with van der Waals surface area (Å²) >= 11 is 0. The molecule has 1 radical (unpaired) electrons. The molecule has 3 N–H and O–H groups in total. The van der Waals surface area contributed by atoms with Gasteiger partial charge in [0.15, 0.2) is 0 Å². The van der Waals surface area contributed by atoms with Crippen LogP contribution in [0.25, 0.3) is 11.9 Å². The van der Waals surface area contributed by atoms with Crippen LogP contribution in [-0.4, -0.2) is 49.7 Å². The zero-order valence-corrected chi connectivity index (χ0v) is 16.7. The Balaban J connectivity index is 0. The van der Waals surface area contributed by atoms with Crippen LogP contribution in [0.1, 0.15) is 0 Å². The topological polar surface area (TPSA) is 253 Å². The minimum absolute atomic E-state index is 0. The van der Waals surface area contributed by atoms with Gasteiger partial charge in [-0.05, 0) is 24.3 Å². The molecule has 32 heavy (non-hydrogen) atoms. The van der Waals surface area contributed by atoms with E-state index in [1.807, 2.05) is 12.1 Å². The van der Waals surface area contributed by atoms with E-state index in [4.69, 9.17) is 30.6 Å². The molecule has 0 saturated heterocycles. The van der Waals surface area contributed by atoms with Gasteiger partial charge in [-0.2, -0.15) is 10.2 Å². The van der Waals surface area contributed by atoms with Crippen molar-refractivity contribution in [2.45, 2.75) is 0 Å². The molecular formula is C14H15CuN10O7+. The van der Waals surface area contributed by atoms with Crippen LogP contribution in [0.3, 0.4) is 0 Å². The quantitative estimate of drug-likeness (QED) is 0.152. The van der Waals surface area contributed by atoms with Crippen LogP contribution in [0.4, 0.5) is 0 Å². The number of aromatic nitrogens is 8. The van der Waals surface area contributed by atoms with Crippen molar-refractivity contribution in [2.24, 2.45) is 0 Å². The maximum Gasteiger partial charge on any atom is 2.00 e. The maximum absolute atomic E-state index is 8.25. The predicted molar refractivity (Wildman–Crippen MR) is 104 cm³/mol. The van der Waals surface area contributed by atoms with Gasteiger partial charge >= 0.3 is 17.1 Å². The molecule has 0 unspecified atom stereocenters. The van der Waals surface area contributed by atoms with Crippen molar-refractivity contribution >= 4 is 0 Å². The Morgan fingerprint density at radius 1 is 0.594 bits per heavy atom. The van der Waals surface area contributed by atoms with E-state index in [0.717, 1.165) is 0 Å². The third-order valence-electron chi connectivity index (χ3n) is 2.52. The van der Waals surface area contributed by atoms with Crippen LogP contribution in [0, 0.1) is 30.6 Å². The van der Waals surface area contributed by atoms with Crippen LogP contribution >= 0.6 is 0 Å². The molecular weight excluding hydrogens is 484 g/mol. The first kappa shape index (κ1) is 29.7. The Bertz CT molecular complexity index is 886. The molecule has 4 heterocycles. The summed E-state index contributed by atoms with van der Waals surface area (Å²) in [4.78, 5) is 32.5. The van der Waals surface area contributed by atoms with Crippen molar-refractivity contribution in [3.63, 3.8) is 0 Å². The minimum Gasteiger partial charge on any atom is -0.457 e. The first-order valence-electron chi connectivity index (χ1n) is 7.57. The Morgan fingerprint density at radius 2 is 0.875 bits per heavy atom. The van der Waals surface area contributed by atoms with Gasteiger partial charge in [0.25, 0.3) is 0 Å². The Morgan fingerprint density at radius 3 is 1.09 bits per heavy atom. The van der Waals surface area contributed by atoms with Crippen molar-refractivity contribution in [3.05, 3.63) is 104 Å². The maximum atomic E-state index is 8.25. The molecule has 4 rings (SSSR count). The van der Waals surface area contributed by atoms with Crippen molar-refractivity contribution in [3.8, 4) is 11.9 Å². The van der Waals surface area contributed by atoms with E-state index in [9.17, 15) is 0 Å². The zero-order valence-electron chi connectivity index (χ0n) is 15.7. The van der Waals surface area contributed by atoms with Crippen molar-refractivity contribution in [1.29, 1.82) is 0 Å². The van der Waals surface area contributed by atoms with Gasteiger partial charge in [0.05, 0.1) is 10.2 Å². The van der Waals surface area contributed by atoms with E-state index < -0.39 is 10.2 Å². The number of rotatable bonds is 2. The van der Waals surface area contributed by atoms with E-state index in [1.54, 1.807) is 71.1 Å². The van der Waals surface area contributed by atoms with Crippen molar-refractivity contribution in [2.75, 3.05) is 0 Å². The summed E-state index contributed by atoms with van der Waals surface area (Å²) in [7, 11) is 0. The fraction of sp³-hybridized carbons (Fsp3) is 0. The number of hydrogen-bond acceptors (Lipinski definition) is 12. The van der Waals surface area contributed by atoms with Gasteiger partial charge in [-0.15, -0.1) is 0 Å².